The summed E-state index contributed by atoms with van der Waals surface area (Å²) in [7, 11) is 1.60. The van der Waals surface area contributed by atoms with Gasteiger partial charge in [-0.2, -0.15) is 5.10 Å². The third-order valence-corrected chi connectivity index (χ3v) is 5.42. The van der Waals surface area contributed by atoms with E-state index in [1.807, 2.05) is 4.57 Å². The molecule has 0 aromatic carbocycles. The quantitative estimate of drug-likeness (QED) is 0.787. The van der Waals surface area contributed by atoms with Crippen LogP contribution in [-0.2, 0) is 11.3 Å². The lowest BCUT2D eigenvalue weighted by Crippen LogP contribution is -2.40. The Morgan fingerprint density at radius 2 is 2.11 bits per heavy atom. The molecule has 1 amide bonds. The Morgan fingerprint density at radius 1 is 1.29 bits per heavy atom. The summed E-state index contributed by atoms with van der Waals surface area (Å²) in [5.74, 6) is 0.695. The summed E-state index contributed by atoms with van der Waals surface area (Å²) >= 11 is 0. The van der Waals surface area contributed by atoms with Gasteiger partial charge < -0.3 is 14.6 Å². The van der Waals surface area contributed by atoms with E-state index in [2.05, 4.69) is 10.1 Å². The second-order valence-corrected chi connectivity index (χ2v) is 7.49. The van der Waals surface area contributed by atoms with E-state index < -0.39 is 0 Å². The zero-order chi connectivity index (χ0) is 19.7. The Balaban J connectivity index is 1.57. The normalized spacial score (nSPS) is 19.8. The molecule has 2 aromatic heterocycles. The molecule has 1 saturated heterocycles. The van der Waals surface area contributed by atoms with Crippen LogP contribution in [0.5, 0.6) is 0 Å². The maximum absolute atomic E-state index is 12.8. The topological polar surface area (TPSA) is 102 Å². The molecule has 2 aromatic rings. The molecule has 150 valence electrons. The molecule has 4 rings (SSSR count). The van der Waals surface area contributed by atoms with Gasteiger partial charge in [0.2, 0.25) is 5.56 Å². The van der Waals surface area contributed by atoms with Crippen LogP contribution in [-0.4, -0.2) is 56.9 Å². The molecule has 1 saturated carbocycles. The van der Waals surface area contributed by atoms with Crippen molar-refractivity contribution in [3.05, 3.63) is 50.6 Å². The van der Waals surface area contributed by atoms with Crippen molar-refractivity contribution in [2.75, 3.05) is 26.8 Å². The van der Waals surface area contributed by atoms with Crippen molar-refractivity contribution in [1.82, 2.24) is 24.2 Å². The third-order valence-electron chi connectivity index (χ3n) is 5.42. The fourth-order valence-electron chi connectivity index (χ4n) is 3.81. The van der Waals surface area contributed by atoms with Crippen molar-refractivity contribution in [2.24, 2.45) is 0 Å². The maximum atomic E-state index is 12.8. The van der Waals surface area contributed by atoms with E-state index in [0.717, 1.165) is 31.5 Å². The Morgan fingerprint density at radius 3 is 2.79 bits per heavy atom. The standard InChI is InChI=1S/C19H25N5O4/c1-28-10-9-23-19(27)24(15-5-6-15)17(21-23)14-3-2-8-22(12-14)18(26)13-4-7-16(25)20-11-13/h4,7,11,14-15H,2-3,5-6,8-10,12H2,1H3,(H,20,25). The molecular weight excluding hydrogens is 362 g/mol. The van der Waals surface area contributed by atoms with E-state index in [0.29, 0.717) is 31.8 Å². The van der Waals surface area contributed by atoms with Gasteiger partial charge in [-0.15, -0.1) is 0 Å². The number of nitrogens with one attached hydrogen (secondary N) is 1. The molecule has 1 N–H and O–H groups in total. The van der Waals surface area contributed by atoms with Crippen molar-refractivity contribution < 1.29 is 9.53 Å². The van der Waals surface area contributed by atoms with Crippen LogP contribution in [0, 0.1) is 0 Å². The molecule has 1 aliphatic heterocycles. The lowest BCUT2D eigenvalue weighted by atomic mass is 9.96. The number of carbonyl (C=O) groups is 1. The molecule has 2 aliphatic rings. The first-order valence-electron chi connectivity index (χ1n) is 9.74. The van der Waals surface area contributed by atoms with Crippen molar-refractivity contribution >= 4 is 5.91 Å². The van der Waals surface area contributed by atoms with E-state index in [-0.39, 0.29) is 29.1 Å². The number of pyridine rings is 1. The first-order valence-corrected chi connectivity index (χ1v) is 9.74. The van der Waals surface area contributed by atoms with Gasteiger partial charge >= 0.3 is 5.69 Å². The number of piperidine rings is 1. The highest BCUT2D eigenvalue weighted by molar-refractivity contribution is 5.93. The Hall–Kier alpha value is -2.68. The highest BCUT2D eigenvalue weighted by Gasteiger charge is 2.35. The molecule has 0 spiro atoms. The van der Waals surface area contributed by atoms with Crippen molar-refractivity contribution in [3.8, 4) is 0 Å². The molecule has 9 heteroatoms. The van der Waals surface area contributed by atoms with Gasteiger partial charge in [-0.25, -0.2) is 9.48 Å². The second-order valence-electron chi connectivity index (χ2n) is 7.49. The van der Waals surface area contributed by atoms with Gasteiger partial charge in [0.25, 0.3) is 5.91 Å². The van der Waals surface area contributed by atoms with Crippen LogP contribution in [0.2, 0.25) is 0 Å². The van der Waals surface area contributed by atoms with E-state index in [1.165, 1.54) is 16.9 Å². The molecular formula is C19H25N5O4. The number of methoxy groups -OCH3 is 1. The number of rotatable bonds is 6. The van der Waals surface area contributed by atoms with E-state index in [9.17, 15) is 14.4 Å². The third kappa shape index (κ3) is 3.66. The smallest absolute Gasteiger partial charge is 0.346 e. The van der Waals surface area contributed by atoms with Gasteiger partial charge in [0.05, 0.1) is 18.7 Å². The SMILES string of the molecule is COCCn1nc(C2CCCN(C(=O)c3ccc(=O)[nH]c3)C2)n(C2CC2)c1=O. The average molecular weight is 387 g/mol. The van der Waals surface area contributed by atoms with Crippen molar-refractivity contribution in [1.29, 1.82) is 0 Å². The van der Waals surface area contributed by atoms with Crippen LogP contribution < -0.4 is 11.2 Å². The summed E-state index contributed by atoms with van der Waals surface area (Å²) in [6.45, 7) is 2.04. The van der Waals surface area contributed by atoms with Gasteiger partial charge in [-0.3, -0.25) is 14.2 Å². The van der Waals surface area contributed by atoms with Crippen LogP contribution in [0.15, 0.2) is 27.9 Å². The predicted octanol–water partition coefficient (Wildman–Crippen LogP) is 0.734. The summed E-state index contributed by atoms with van der Waals surface area (Å²) in [6.07, 6.45) is 5.19. The molecule has 3 heterocycles. The molecule has 1 unspecified atom stereocenters. The lowest BCUT2D eigenvalue weighted by Gasteiger charge is -2.32. The first-order chi connectivity index (χ1) is 13.6. The van der Waals surface area contributed by atoms with Crippen LogP contribution in [0.1, 0.15) is 53.8 Å². The number of hydrogen-bond donors (Lipinski definition) is 1. The number of aromatic amines is 1. The van der Waals surface area contributed by atoms with E-state index in [1.54, 1.807) is 18.1 Å². The van der Waals surface area contributed by atoms with Crippen LogP contribution in [0.25, 0.3) is 0 Å². The summed E-state index contributed by atoms with van der Waals surface area (Å²) in [6, 6.07) is 3.13. The Labute approximate surface area is 161 Å². The number of H-pyrrole nitrogens is 1. The zero-order valence-electron chi connectivity index (χ0n) is 16.0. The summed E-state index contributed by atoms with van der Waals surface area (Å²) in [4.78, 5) is 41.2. The summed E-state index contributed by atoms with van der Waals surface area (Å²) in [5, 5.41) is 4.61. The first kappa shape index (κ1) is 18.7. The number of ether oxygens (including phenoxy) is 1. The highest BCUT2D eigenvalue weighted by atomic mass is 16.5. The van der Waals surface area contributed by atoms with E-state index in [4.69, 9.17) is 4.74 Å². The molecule has 28 heavy (non-hydrogen) atoms. The number of carbonyl (C=O) groups excluding carboxylic acids is 1. The van der Waals surface area contributed by atoms with Gasteiger partial charge in [0.1, 0.15) is 5.82 Å². The molecule has 0 radical (unpaired) electrons. The van der Waals surface area contributed by atoms with Gasteiger partial charge in [0, 0.05) is 44.4 Å². The summed E-state index contributed by atoms with van der Waals surface area (Å²) in [5.41, 5.74) is 0.146. The fraction of sp³-hybridized carbons (Fsp3) is 0.579. The average Bonchev–Trinajstić information content (AvgIpc) is 3.50. The van der Waals surface area contributed by atoms with Crippen LogP contribution in [0.3, 0.4) is 0 Å². The highest BCUT2D eigenvalue weighted by Crippen LogP contribution is 2.37. The molecule has 1 aliphatic carbocycles. The second kappa shape index (κ2) is 7.75. The van der Waals surface area contributed by atoms with Crippen molar-refractivity contribution in [2.45, 2.75) is 44.2 Å². The number of nitrogens with zero attached hydrogens (tertiary/aromatic N) is 4. The van der Waals surface area contributed by atoms with Gasteiger partial charge in [-0.1, -0.05) is 0 Å². The fourth-order valence-corrected chi connectivity index (χ4v) is 3.81. The zero-order valence-corrected chi connectivity index (χ0v) is 16.0. The van der Waals surface area contributed by atoms with E-state index >= 15 is 0 Å². The number of likely N-dealkylation sites (tertiary alicyclic amines) is 1. The largest absolute Gasteiger partial charge is 0.383 e. The van der Waals surface area contributed by atoms with Crippen LogP contribution in [0.4, 0.5) is 0 Å². The Kier molecular flexibility index (Phi) is 5.17. The predicted molar refractivity (Wildman–Crippen MR) is 102 cm³/mol. The minimum atomic E-state index is -0.233. The minimum absolute atomic E-state index is 0.0255. The van der Waals surface area contributed by atoms with Crippen LogP contribution >= 0.6 is 0 Å². The molecule has 1 atom stereocenters. The molecule has 0 bridgehead atoms. The minimum Gasteiger partial charge on any atom is -0.383 e. The lowest BCUT2D eigenvalue weighted by molar-refractivity contribution is 0.0702. The summed E-state index contributed by atoms with van der Waals surface area (Å²) < 4.78 is 8.40. The number of aromatic nitrogens is 4. The van der Waals surface area contributed by atoms with Gasteiger partial charge in [0.15, 0.2) is 0 Å². The van der Waals surface area contributed by atoms with Gasteiger partial charge in [-0.05, 0) is 31.7 Å². The molecule has 2 fully saturated rings. The Bertz CT molecular complexity index is 951. The monoisotopic (exact) mass is 387 g/mol. The number of hydrogen-bond acceptors (Lipinski definition) is 5. The molecule has 9 nitrogen and oxygen atoms in total. The maximum Gasteiger partial charge on any atom is 0.346 e. The number of amides is 1. The van der Waals surface area contributed by atoms with Crippen molar-refractivity contribution in [3.63, 3.8) is 0 Å².